The quantitative estimate of drug-likeness (QED) is 0.554. The number of ether oxygens (including phenoxy) is 2. The molecule has 1 amide bonds. The second-order valence-electron chi connectivity index (χ2n) is 7.67. The SMILES string of the molecule is COc1cccc(C2=NN(C(=O)CN(C)c3ccccc3)C(c3ccccc3OC)C2)c1. The van der Waals surface area contributed by atoms with E-state index in [9.17, 15) is 4.79 Å². The van der Waals surface area contributed by atoms with E-state index in [1.807, 2.05) is 90.8 Å². The van der Waals surface area contributed by atoms with Crippen LogP contribution in [-0.2, 0) is 4.79 Å². The van der Waals surface area contributed by atoms with Crippen LogP contribution in [0.4, 0.5) is 5.69 Å². The average molecular weight is 430 g/mol. The standard InChI is InChI=1S/C26H27N3O3/c1-28(20-11-5-4-6-12-20)18-26(30)29-24(22-14-7-8-15-25(22)32-3)17-23(27-29)19-10-9-13-21(16-19)31-2/h4-16,24H,17-18H2,1-3H3. The molecule has 0 bridgehead atoms. The number of carbonyl (C=O) groups excluding carboxylic acids is 1. The first-order chi connectivity index (χ1) is 15.6. The molecule has 3 aromatic rings. The predicted molar refractivity (Wildman–Crippen MR) is 126 cm³/mol. The Morgan fingerprint density at radius 2 is 1.75 bits per heavy atom. The topological polar surface area (TPSA) is 54.4 Å². The molecule has 1 atom stereocenters. The number of hydrogen-bond donors (Lipinski definition) is 0. The molecule has 4 rings (SSSR count). The van der Waals surface area contributed by atoms with Gasteiger partial charge in [0, 0.05) is 30.3 Å². The molecule has 0 radical (unpaired) electrons. The first-order valence-corrected chi connectivity index (χ1v) is 10.5. The zero-order valence-corrected chi connectivity index (χ0v) is 18.6. The molecule has 32 heavy (non-hydrogen) atoms. The van der Waals surface area contributed by atoms with Crippen molar-refractivity contribution in [1.82, 2.24) is 5.01 Å². The second-order valence-corrected chi connectivity index (χ2v) is 7.67. The van der Waals surface area contributed by atoms with Crippen molar-refractivity contribution in [3.05, 3.63) is 90.0 Å². The van der Waals surface area contributed by atoms with Gasteiger partial charge in [-0.25, -0.2) is 5.01 Å². The summed E-state index contributed by atoms with van der Waals surface area (Å²) in [5, 5.41) is 6.38. The molecule has 0 saturated carbocycles. The molecule has 1 heterocycles. The lowest BCUT2D eigenvalue weighted by atomic mass is 9.97. The maximum absolute atomic E-state index is 13.4. The van der Waals surface area contributed by atoms with Crippen LogP contribution in [0.25, 0.3) is 0 Å². The number of carbonyl (C=O) groups is 1. The summed E-state index contributed by atoms with van der Waals surface area (Å²) in [6.07, 6.45) is 0.592. The molecule has 0 aromatic heterocycles. The Hall–Kier alpha value is -3.80. The minimum atomic E-state index is -0.246. The van der Waals surface area contributed by atoms with E-state index in [1.165, 1.54) is 0 Å². The Kier molecular flexibility index (Phi) is 6.40. The third-order valence-electron chi connectivity index (χ3n) is 5.64. The molecular formula is C26H27N3O3. The maximum Gasteiger partial charge on any atom is 0.262 e. The van der Waals surface area contributed by atoms with Crippen LogP contribution in [0.1, 0.15) is 23.6 Å². The number of hydrazone groups is 1. The Bertz CT molecular complexity index is 1110. The number of para-hydroxylation sites is 2. The fourth-order valence-corrected chi connectivity index (χ4v) is 3.95. The van der Waals surface area contributed by atoms with Gasteiger partial charge < -0.3 is 14.4 Å². The highest BCUT2D eigenvalue weighted by Crippen LogP contribution is 2.37. The zero-order valence-electron chi connectivity index (χ0n) is 18.6. The Labute approximate surface area is 188 Å². The summed E-state index contributed by atoms with van der Waals surface area (Å²) < 4.78 is 11.0. The second kappa shape index (κ2) is 9.56. The van der Waals surface area contributed by atoms with Crippen molar-refractivity contribution in [2.45, 2.75) is 12.5 Å². The summed E-state index contributed by atoms with van der Waals surface area (Å²) in [5.41, 5.74) is 3.70. The van der Waals surface area contributed by atoms with E-state index in [1.54, 1.807) is 19.2 Å². The Morgan fingerprint density at radius 1 is 1.00 bits per heavy atom. The lowest BCUT2D eigenvalue weighted by Gasteiger charge is -2.26. The molecule has 164 valence electrons. The molecule has 6 nitrogen and oxygen atoms in total. The summed E-state index contributed by atoms with van der Waals surface area (Å²) in [4.78, 5) is 15.4. The largest absolute Gasteiger partial charge is 0.497 e. The number of benzene rings is 3. The molecular weight excluding hydrogens is 402 g/mol. The van der Waals surface area contributed by atoms with Crippen LogP contribution in [-0.4, -0.2) is 44.4 Å². The minimum absolute atomic E-state index is 0.0786. The first-order valence-electron chi connectivity index (χ1n) is 10.5. The summed E-state index contributed by atoms with van der Waals surface area (Å²) >= 11 is 0. The third kappa shape index (κ3) is 4.44. The summed E-state index contributed by atoms with van der Waals surface area (Å²) in [6, 6.07) is 25.2. The molecule has 0 N–H and O–H groups in total. The van der Waals surface area contributed by atoms with E-state index in [0.29, 0.717) is 6.42 Å². The van der Waals surface area contributed by atoms with Gasteiger partial charge in [0.15, 0.2) is 0 Å². The van der Waals surface area contributed by atoms with Gasteiger partial charge in [0.05, 0.1) is 32.5 Å². The van der Waals surface area contributed by atoms with E-state index in [4.69, 9.17) is 14.6 Å². The van der Waals surface area contributed by atoms with Crippen molar-refractivity contribution < 1.29 is 14.3 Å². The number of nitrogens with zero attached hydrogens (tertiary/aromatic N) is 3. The molecule has 0 saturated heterocycles. The van der Waals surface area contributed by atoms with Crippen molar-refractivity contribution in [3.63, 3.8) is 0 Å². The maximum atomic E-state index is 13.4. The van der Waals surface area contributed by atoms with Gasteiger partial charge >= 0.3 is 0 Å². The van der Waals surface area contributed by atoms with Gasteiger partial charge in [-0.1, -0.05) is 48.5 Å². The number of likely N-dealkylation sites (N-methyl/N-ethyl adjacent to an activating group) is 1. The van der Waals surface area contributed by atoms with E-state index >= 15 is 0 Å². The molecule has 0 fully saturated rings. The van der Waals surface area contributed by atoms with Crippen molar-refractivity contribution >= 4 is 17.3 Å². The smallest absolute Gasteiger partial charge is 0.262 e. The van der Waals surface area contributed by atoms with Crippen molar-refractivity contribution in [1.29, 1.82) is 0 Å². The van der Waals surface area contributed by atoms with Gasteiger partial charge in [0.25, 0.3) is 5.91 Å². The predicted octanol–water partition coefficient (Wildman–Crippen LogP) is 4.52. The lowest BCUT2D eigenvalue weighted by Crippen LogP contribution is -2.36. The van der Waals surface area contributed by atoms with Crippen molar-refractivity contribution in [2.75, 3.05) is 32.7 Å². The lowest BCUT2D eigenvalue weighted by molar-refractivity contribution is -0.131. The normalized spacial score (nSPS) is 15.3. The van der Waals surface area contributed by atoms with E-state index in [2.05, 4.69) is 0 Å². The molecule has 0 spiro atoms. The van der Waals surface area contributed by atoms with Gasteiger partial charge in [-0.15, -0.1) is 0 Å². The Morgan fingerprint density at radius 3 is 2.50 bits per heavy atom. The van der Waals surface area contributed by atoms with Crippen LogP contribution in [0.15, 0.2) is 84.0 Å². The summed E-state index contributed by atoms with van der Waals surface area (Å²) in [5.74, 6) is 1.42. The van der Waals surface area contributed by atoms with Crippen LogP contribution in [0, 0.1) is 0 Å². The molecule has 1 aliphatic heterocycles. The molecule has 3 aromatic carbocycles. The van der Waals surface area contributed by atoms with Crippen LogP contribution < -0.4 is 14.4 Å². The monoisotopic (exact) mass is 429 g/mol. The number of anilines is 1. The zero-order chi connectivity index (χ0) is 22.5. The third-order valence-corrected chi connectivity index (χ3v) is 5.64. The summed E-state index contributed by atoms with van der Waals surface area (Å²) in [6.45, 7) is 0.213. The van der Waals surface area contributed by atoms with Crippen LogP contribution >= 0.6 is 0 Å². The molecule has 1 aliphatic rings. The Balaban J connectivity index is 1.66. The minimum Gasteiger partial charge on any atom is -0.497 e. The molecule has 6 heteroatoms. The highest BCUT2D eigenvalue weighted by Gasteiger charge is 2.35. The fourth-order valence-electron chi connectivity index (χ4n) is 3.95. The molecule has 1 unspecified atom stereocenters. The van der Waals surface area contributed by atoms with Crippen LogP contribution in [0.5, 0.6) is 11.5 Å². The van der Waals surface area contributed by atoms with Crippen LogP contribution in [0.3, 0.4) is 0 Å². The van der Waals surface area contributed by atoms with Gasteiger partial charge in [0.1, 0.15) is 11.5 Å². The van der Waals surface area contributed by atoms with E-state index in [0.717, 1.165) is 34.0 Å². The number of hydrogen-bond acceptors (Lipinski definition) is 5. The van der Waals surface area contributed by atoms with Crippen molar-refractivity contribution in [3.8, 4) is 11.5 Å². The average Bonchev–Trinajstić information content (AvgIpc) is 3.30. The fraction of sp³-hybridized carbons (Fsp3) is 0.231. The van der Waals surface area contributed by atoms with Gasteiger partial charge in [0.2, 0.25) is 0 Å². The van der Waals surface area contributed by atoms with Crippen molar-refractivity contribution in [2.24, 2.45) is 5.10 Å². The van der Waals surface area contributed by atoms with Gasteiger partial charge in [-0.05, 0) is 30.3 Å². The number of amides is 1. The first kappa shape index (κ1) is 21.4. The van der Waals surface area contributed by atoms with E-state index in [-0.39, 0.29) is 18.5 Å². The van der Waals surface area contributed by atoms with Gasteiger partial charge in [-0.2, -0.15) is 5.10 Å². The highest BCUT2D eigenvalue weighted by molar-refractivity contribution is 6.03. The van der Waals surface area contributed by atoms with Gasteiger partial charge in [-0.3, -0.25) is 4.79 Å². The number of rotatable bonds is 7. The number of methoxy groups -OCH3 is 2. The molecule has 0 aliphatic carbocycles. The van der Waals surface area contributed by atoms with E-state index < -0.39 is 0 Å². The highest BCUT2D eigenvalue weighted by atomic mass is 16.5. The summed E-state index contributed by atoms with van der Waals surface area (Å²) in [7, 11) is 5.20. The van der Waals surface area contributed by atoms with Crippen LogP contribution in [0.2, 0.25) is 0 Å².